The number of sulfonamides is 1. The SMILES string of the molecule is Cc1ccc(S(=O)(=O)NCc2ccc(-c3ccc(C)s3)cc2)c(N2CC3(F)CC2C3)n1. The predicted molar refractivity (Wildman–Crippen MR) is 122 cm³/mol. The number of hydrogen-bond acceptors (Lipinski definition) is 5. The molecule has 1 aromatic carbocycles. The van der Waals surface area contributed by atoms with Crippen molar-refractivity contribution < 1.29 is 12.8 Å². The lowest BCUT2D eigenvalue weighted by atomic mass is 9.83. The fourth-order valence-electron chi connectivity index (χ4n) is 4.39. The summed E-state index contributed by atoms with van der Waals surface area (Å²) in [5, 5.41) is 0. The molecular formula is C23H24FN3O2S2. The van der Waals surface area contributed by atoms with Gasteiger partial charge >= 0.3 is 0 Å². The van der Waals surface area contributed by atoms with Crippen LogP contribution in [-0.2, 0) is 16.6 Å². The third-order valence-electron chi connectivity index (χ3n) is 6.08. The summed E-state index contributed by atoms with van der Waals surface area (Å²) >= 11 is 1.73. The number of aryl methyl sites for hydroxylation is 2. The second-order valence-corrected chi connectivity index (χ2v) is 11.6. The Morgan fingerprint density at radius 1 is 1.13 bits per heavy atom. The summed E-state index contributed by atoms with van der Waals surface area (Å²) in [7, 11) is -3.80. The molecule has 1 saturated carbocycles. The first-order chi connectivity index (χ1) is 14.7. The van der Waals surface area contributed by atoms with Gasteiger partial charge in [-0.3, -0.25) is 0 Å². The normalized spacial score (nSPS) is 22.5. The van der Waals surface area contributed by atoms with E-state index in [0.717, 1.165) is 11.1 Å². The maximum absolute atomic E-state index is 14.4. The zero-order chi connectivity index (χ0) is 21.8. The molecule has 6 rings (SSSR count). The Kier molecular flexibility index (Phi) is 4.91. The largest absolute Gasteiger partial charge is 0.349 e. The summed E-state index contributed by atoms with van der Waals surface area (Å²) in [5.74, 6) is 0.359. The van der Waals surface area contributed by atoms with Crippen LogP contribution in [-0.4, -0.2) is 31.7 Å². The molecule has 2 bridgehead atoms. The molecule has 2 aliphatic heterocycles. The van der Waals surface area contributed by atoms with Crippen molar-refractivity contribution in [3.8, 4) is 10.4 Å². The molecular weight excluding hydrogens is 433 g/mol. The van der Waals surface area contributed by atoms with Crippen LogP contribution in [0.2, 0.25) is 0 Å². The summed E-state index contributed by atoms with van der Waals surface area (Å²) in [5.41, 5.74) is 1.49. The molecule has 0 atom stereocenters. The van der Waals surface area contributed by atoms with Gasteiger partial charge in [0.1, 0.15) is 16.4 Å². The van der Waals surface area contributed by atoms with Crippen molar-refractivity contribution in [2.45, 2.75) is 49.8 Å². The van der Waals surface area contributed by atoms with Gasteiger partial charge in [-0.05, 0) is 49.2 Å². The fourth-order valence-corrected chi connectivity index (χ4v) is 6.43. The van der Waals surface area contributed by atoms with Crippen molar-refractivity contribution in [2.75, 3.05) is 11.4 Å². The van der Waals surface area contributed by atoms with Gasteiger partial charge < -0.3 is 4.90 Å². The molecule has 31 heavy (non-hydrogen) atoms. The van der Waals surface area contributed by atoms with E-state index in [0.29, 0.717) is 24.4 Å². The van der Waals surface area contributed by atoms with E-state index in [-0.39, 0.29) is 24.0 Å². The lowest BCUT2D eigenvalue weighted by Crippen LogP contribution is -2.37. The predicted octanol–water partition coefficient (Wildman–Crippen LogP) is 4.60. The molecule has 8 heteroatoms. The number of halogens is 1. The van der Waals surface area contributed by atoms with E-state index >= 15 is 0 Å². The van der Waals surface area contributed by atoms with Crippen molar-refractivity contribution in [1.82, 2.24) is 9.71 Å². The van der Waals surface area contributed by atoms with Gasteiger partial charge in [0.25, 0.3) is 0 Å². The van der Waals surface area contributed by atoms with Gasteiger partial charge in [-0.2, -0.15) is 0 Å². The van der Waals surface area contributed by atoms with E-state index in [9.17, 15) is 12.8 Å². The third kappa shape index (κ3) is 3.88. The highest BCUT2D eigenvalue weighted by Gasteiger charge is 2.57. The smallest absolute Gasteiger partial charge is 0.244 e. The van der Waals surface area contributed by atoms with Crippen LogP contribution in [0.3, 0.4) is 0 Å². The van der Waals surface area contributed by atoms with Crippen LogP contribution in [0.25, 0.3) is 10.4 Å². The van der Waals surface area contributed by atoms with E-state index in [4.69, 9.17) is 0 Å². The topological polar surface area (TPSA) is 62.3 Å². The van der Waals surface area contributed by atoms with Gasteiger partial charge in [-0.15, -0.1) is 11.3 Å². The molecule has 3 fully saturated rings. The molecule has 5 nitrogen and oxygen atoms in total. The van der Waals surface area contributed by atoms with Gasteiger partial charge in [0.05, 0.1) is 6.54 Å². The van der Waals surface area contributed by atoms with E-state index < -0.39 is 15.7 Å². The fraction of sp³-hybridized carbons (Fsp3) is 0.348. The van der Waals surface area contributed by atoms with Crippen molar-refractivity contribution >= 4 is 27.2 Å². The molecule has 4 heterocycles. The zero-order valence-electron chi connectivity index (χ0n) is 17.4. The monoisotopic (exact) mass is 457 g/mol. The average molecular weight is 458 g/mol. The first-order valence-corrected chi connectivity index (χ1v) is 12.6. The maximum Gasteiger partial charge on any atom is 0.244 e. The number of nitrogens with one attached hydrogen (secondary N) is 1. The van der Waals surface area contributed by atoms with Crippen molar-refractivity contribution in [2.24, 2.45) is 0 Å². The number of benzene rings is 1. The average Bonchev–Trinajstić information content (AvgIpc) is 3.39. The standard InChI is InChI=1S/C23H24FN3O2S2/c1-15-3-10-21(22(26-15)27-14-23(24)11-19(27)12-23)31(28,29)25-13-17-5-7-18(8-6-17)20-9-4-16(2)30-20/h3-10,19,25H,11-14H2,1-2H3. The number of nitrogens with zero attached hydrogens (tertiary/aromatic N) is 2. The first-order valence-electron chi connectivity index (χ1n) is 10.3. The minimum absolute atomic E-state index is 0.0293. The van der Waals surface area contributed by atoms with E-state index in [1.165, 1.54) is 9.75 Å². The first kappa shape index (κ1) is 20.6. The molecule has 0 unspecified atom stereocenters. The highest BCUT2D eigenvalue weighted by Crippen LogP contribution is 2.49. The highest BCUT2D eigenvalue weighted by molar-refractivity contribution is 7.89. The Morgan fingerprint density at radius 2 is 1.87 bits per heavy atom. The van der Waals surface area contributed by atoms with Crippen molar-refractivity contribution in [3.05, 3.63) is 64.7 Å². The van der Waals surface area contributed by atoms with Crippen LogP contribution < -0.4 is 9.62 Å². The quantitative estimate of drug-likeness (QED) is 0.588. The Labute approximate surface area is 186 Å². The molecule has 3 aliphatic rings. The summed E-state index contributed by atoms with van der Waals surface area (Å²) < 4.78 is 43.4. The van der Waals surface area contributed by atoms with Crippen LogP contribution >= 0.6 is 11.3 Å². The third-order valence-corrected chi connectivity index (χ3v) is 8.55. The van der Waals surface area contributed by atoms with Crippen LogP contribution in [0.1, 0.15) is 29.0 Å². The zero-order valence-corrected chi connectivity index (χ0v) is 19.1. The van der Waals surface area contributed by atoms with E-state index in [1.54, 1.807) is 23.5 Å². The molecule has 3 aromatic rings. The summed E-state index contributed by atoms with van der Waals surface area (Å²) in [6.45, 7) is 4.27. The maximum atomic E-state index is 14.4. The second kappa shape index (κ2) is 7.39. The number of thiophene rings is 1. The Bertz CT molecular complexity index is 1230. The molecule has 0 amide bonds. The number of hydrogen-bond donors (Lipinski definition) is 1. The van der Waals surface area contributed by atoms with Gasteiger partial charge in [-0.1, -0.05) is 24.3 Å². The van der Waals surface area contributed by atoms with Gasteiger partial charge in [0.15, 0.2) is 0 Å². The van der Waals surface area contributed by atoms with Crippen LogP contribution in [0, 0.1) is 13.8 Å². The summed E-state index contributed by atoms with van der Waals surface area (Å²) in [6, 6.07) is 15.3. The molecule has 0 spiro atoms. The Balaban J connectivity index is 1.34. The number of alkyl halides is 1. The summed E-state index contributed by atoms with van der Waals surface area (Å²) in [6.07, 6.45) is 0.900. The van der Waals surface area contributed by atoms with Gasteiger partial charge in [-0.25, -0.2) is 22.5 Å². The van der Waals surface area contributed by atoms with Gasteiger partial charge in [0.2, 0.25) is 10.0 Å². The Morgan fingerprint density at radius 3 is 2.48 bits per heavy atom. The van der Waals surface area contributed by atoms with Gasteiger partial charge in [0, 0.05) is 40.9 Å². The lowest BCUT2D eigenvalue weighted by Gasteiger charge is -2.30. The molecule has 2 saturated heterocycles. The van der Waals surface area contributed by atoms with E-state index in [2.05, 4.69) is 28.8 Å². The second-order valence-electron chi connectivity index (χ2n) is 8.55. The number of aromatic nitrogens is 1. The van der Waals surface area contributed by atoms with Crippen LogP contribution in [0.15, 0.2) is 53.4 Å². The molecule has 162 valence electrons. The molecule has 1 aliphatic carbocycles. The molecule has 0 radical (unpaired) electrons. The number of rotatable bonds is 6. The summed E-state index contributed by atoms with van der Waals surface area (Å²) in [4.78, 5) is 8.85. The van der Waals surface area contributed by atoms with Crippen LogP contribution in [0.5, 0.6) is 0 Å². The Hall–Kier alpha value is -2.29. The highest BCUT2D eigenvalue weighted by atomic mass is 32.2. The molecule has 2 aromatic heterocycles. The number of pyridine rings is 1. The van der Waals surface area contributed by atoms with Crippen molar-refractivity contribution in [1.29, 1.82) is 0 Å². The van der Waals surface area contributed by atoms with E-state index in [1.807, 2.05) is 36.1 Å². The van der Waals surface area contributed by atoms with Crippen molar-refractivity contribution in [3.63, 3.8) is 0 Å². The number of fused-ring (bicyclic) bond motifs is 1. The number of anilines is 1. The molecule has 1 N–H and O–H groups in total. The minimum atomic E-state index is -3.80. The minimum Gasteiger partial charge on any atom is -0.349 e. The van der Waals surface area contributed by atoms with Crippen LogP contribution in [0.4, 0.5) is 10.2 Å². The lowest BCUT2D eigenvalue weighted by molar-refractivity contribution is 0.114.